The van der Waals surface area contributed by atoms with Crippen LogP contribution in [-0.4, -0.2) is 0 Å². The molecule has 0 nitrogen and oxygen atoms in total. The Balaban J connectivity index is 3.60. The van der Waals surface area contributed by atoms with Crippen molar-refractivity contribution in [1.82, 2.24) is 0 Å². The Kier molecular flexibility index (Phi) is 3.21. The van der Waals surface area contributed by atoms with Crippen molar-refractivity contribution in [2.24, 2.45) is 0 Å². The second kappa shape index (κ2) is 3.90. The average Bonchev–Trinajstić information content (AvgIpc) is 2.11. The van der Waals surface area contributed by atoms with Crippen LogP contribution < -0.4 is 0 Å². The van der Waals surface area contributed by atoms with E-state index in [1.165, 1.54) is 0 Å². The minimum Gasteiger partial charge on any atom is -0.203 e. The largest absolute Gasteiger partial charge is 0.203 e. The highest BCUT2D eigenvalue weighted by Crippen LogP contribution is 2.33. The fraction of sp³-hybridized carbons (Fsp3) is 0.143. The maximum absolute atomic E-state index is 12.8. The minimum absolute atomic E-state index is 1.25. The van der Waals surface area contributed by atoms with Gasteiger partial charge >= 0.3 is 0 Å². The van der Waals surface area contributed by atoms with E-state index in [0.717, 1.165) is 0 Å². The van der Waals surface area contributed by atoms with Crippen LogP contribution in [0, 0.1) is 29.1 Å². The van der Waals surface area contributed by atoms with E-state index in [-0.39, 0.29) is 0 Å². The molecule has 1 aromatic rings. The van der Waals surface area contributed by atoms with Gasteiger partial charge in [0.25, 0.3) is 0 Å². The van der Waals surface area contributed by atoms with Crippen molar-refractivity contribution < 1.29 is 22.0 Å². The third-order valence-corrected chi connectivity index (χ3v) is 1.90. The first-order valence-corrected chi connectivity index (χ1v) is 4.04. The zero-order valence-electron chi connectivity index (χ0n) is 6.22. The van der Waals surface area contributed by atoms with Gasteiger partial charge in [0.15, 0.2) is 23.3 Å². The van der Waals surface area contributed by atoms with Gasteiger partial charge in [0.1, 0.15) is 4.84 Å². The van der Waals surface area contributed by atoms with Crippen molar-refractivity contribution in [3.8, 4) is 0 Å². The summed E-state index contributed by atoms with van der Waals surface area (Å²) in [5.74, 6) is -10.4. The predicted octanol–water partition coefficient (Wildman–Crippen LogP) is 3.86. The molecule has 14 heavy (non-hydrogen) atoms. The summed E-state index contributed by atoms with van der Waals surface area (Å²) in [7, 11) is 0. The van der Waals surface area contributed by atoms with Gasteiger partial charge in [-0.1, -0.05) is 23.2 Å². The van der Waals surface area contributed by atoms with E-state index >= 15 is 0 Å². The van der Waals surface area contributed by atoms with E-state index in [0.29, 0.717) is 0 Å². The summed E-state index contributed by atoms with van der Waals surface area (Å²) in [6.07, 6.45) is 0. The molecule has 0 saturated heterocycles. The summed E-state index contributed by atoms with van der Waals surface area (Å²) in [5, 5.41) is 0. The van der Waals surface area contributed by atoms with Crippen LogP contribution in [-0.2, 0) is 0 Å². The Bertz CT molecular complexity index is 348. The lowest BCUT2D eigenvalue weighted by molar-refractivity contribution is 0.372. The molecule has 1 rings (SSSR count). The fourth-order valence-corrected chi connectivity index (χ4v) is 1.20. The molecule has 0 bridgehead atoms. The molecule has 7 heteroatoms. The van der Waals surface area contributed by atoms with Gasteiger partial charge in [-0.3, -0.25) is 0 Å². The van der Waals surface area contributed by atoms with Gasteiger partial charge in [-0.25, -0.2) is 22.0 Å². The third kappa shape index (κ3) is 1.66. The van der Waals surface area contributed by atoms with E-state index < -0.39 is 39.5 Å². The van der Waals surface area contributed by atoms with Crippen molar-refractivity contribution in [1.29, 1.82) is 0 Å². The van der Waals surface area contributed by atoms with Gasteiger partial charge in [-0.2, -0.15) is 0 Å². The molecule has 0 aromatic heterocycles. The molecule has 78 valence electrons. The first-order chi connectivity index (χ1) is 6.37. The summed E-state index contributed by atoms with van der Waals surface area (Å²) in [6, 6.07) is 0. The number of hydrogen-bond acceptors (Lipinski definition) is 0. The molecule has 0 heterocycles. The Morgan fingerprint density at radius 3 is 1.21 bits per heavy atom. The molecule has 0 spiro atoms. The lowest BCUT2D eigenvalue weighted by atomic mass is 10.2. The lowest BCUT2D eigenvalue weighted by Gasteiger charge is -2.07. The Labute approximate surface area is 85.2 Å². The van der Waals surface area contributed by atoms with Gasteiger partial charge in [-0.15, -0.1) is 0 Å². The lowest BCUT2D eigenvalue weighted by Crippen LogP contribution is -2.06. The van der Waals surface area contributed by atoms with Crippen LogP contribution in [0.4, 0.5) is 22.0 Å². The minimum atomic E-state index is -2.24. The van der Waals surface area contributed by atoms with Gasteiger partial charge in [0.2, 0.25) is 5.82 Å². The molecular weight excluding hydrogens is 250 g/mol. The molecule has 0 radical (unpaired) electrons. The quantitative estimate of drug-likeness (QED) is 0.307. The molecule has 0 aliphatic heterocycles. The smallest absolute Gasteiger partial charge is 0.200 e. The van der Waals surface area contributed by atoms with Gasteiger partial charge < -0.3 is 0 Å². The molecule has 0 fully saturated rings. The first kappa shape index (κ1) is 11.5. The van der Waals surface area contributed by atoms with Gasteiger partial charge in [-0.05, 0) is 0 Å². The summed E-state index contributed by atoms with van der Waals surface area (Å²) in [6.45, 7) is 0. The Morgan fingerprint density at radius 2 is 0.929 bits per heavy atom. The van der Waals surface area contributed by atoms with Gasteiger partial charge in [0.05, 0.1) is 5.56 Å². The molecule has 0 atom stereocenters. The van der Waals surface area contributed by atoms with E-state index in [1.54, 1.807) is 0 Å². The third-order valence-electron chi connectivity index (χ3n) is 1.46. The van der Waals surface area contributed by atoms with Crippen LogP contribution in [0.5, 0.6) is 0 Å². The molecule has 0 aliphatic rings. The second-order valence-corrected chi connectivity index (χ2v) is 3.38. The highest BCUT2D eigenvalue weighted by atomic mass is 35.5. The topological polar surface area (TPSA) is 0 Å². The van der Waals surface area contributed by atoms with Crippen LogP contribution in [0.1, 0.15) is 10.4 Å². The number of halogens is 7. The fourth-order valence-electron chi connectivity index (χ4n) is 0.813. The number of alkyl halides is 2. The van der Waals surface area contributed by atoms with Crippen molar-refractivity contribution >= 4 is 23.2 Å². The average molecular weight is 251 g/mol. The van der Waals surface area contributed by atoms with Crippen LogP contribution in [0.15, 0.2) is 0 Å². The van der Waals surface area contributed by atoms with Crippen LogP contribution in [0.25, 0.3) is 0 Å². The molecule has 0 aliphatic carbocycles. The first-order valence-electron chi connectivity index (χ1n) is 3.17. The zero-order chi connectivity index (χ0) is 11.0. The molecule has 0 amide bonds. The summed E-state index contributed by atoms with van der Waals surface area (Å²) in [5.41, 5.74) is -1.25. The summed E-state index contributed by atoms with van der Waals surface area (Å²) < 4.78 is 62.9. The van der Waals surface area contributed by atoms with Crippen molar-refractivity contribution in [2.45, 2.75) is 4.84 Å². The number of rotatable bonds is 1. The second-order valence-electron chi connectivity index (χ2n) is 2.28. The summed E-state index contributed by atoms with van der Waals surface area (Å²) in [4.78, 5) is -1.82. The predicted molar refractivity (Wildman–Crippen MR) is 40.7 cm³/mol. The molecule has 0 N–H and O–H groups in total. The van der Waals surface area contributed by atoms with E-state index in [4.69, 9.17) is 23.2 Å². The summed E-state index contributed by atoms with van der Waals surface area (Å²) >= 11 is 10.1. The van der Waals surface area contributed by atoms with Crippen LogP contribution in [0.3, 0.4) is 0 Å². The van der Waals surface area contributed by atoms with Crippen LogP contribution in [0.2, 0.25) is 0 Å². The normalized spacial score (nSPS) is 11.1. The Morgan fingerprint density at radius 1 is 0.643 bits per heavy atom. The monoisotopic (exact) mass is 250 g/mol. The molecule has 0 unspecified atom stereocenters. The molecule has 1 aromatic carbocycles. The molecule has 0 saturated carbocycles. The number of benzene rings is 1. The highest BCUT2D eigenvalue weighted by Gasteiger charge is 2.28. The standard InChI is InChI=1S/C7HCl2F5/c8-7(9)1-2(10)4(12)6(14)5(13)3(1)11/h7H. The Hall–Kier alpha value is -0.550. The van der Waals surface area contributed by atoms with Crippen molar-refractivity contribution in [2.75, 3.05) is 0 Å². The SMILES string of the molecule is Fc1c(F)c(F)c(C(Cl)Cl)c(F)c1F. The van der Waals surface area contributed by atoms with Crippen molar-refractivity contribution in [3.63, 3.8) is 0 Å². The van der Waals surface area contributed by atoms with E-state index in [9.17, 15) is 22.0 Å². The number of hydrogen-bond donors (Lipinski definition) is 0. The molecular formula is C7HCl2F5. The van der Waals surface area contributed by atoms with Gasteiger partial charge in [0, 0.05) is 0 Å². The van der Waals surface area contributed by atoms with Crippen LogP contribution >= 0.6 is 23.2 Å². The highest BCUT2D eigenvalue weighted by molar-refractivity contribution is 6.44. The van der Waals surface area contributed by atoms with E-state index in [2.05, 4.69) is 0 Å². The van der Waals surface area contributed by atoms with Crippen molar-refractivity contribution in [3.05, 3.63) is 34.6 Å². The maximum atomic E-state index is 12.8. The van der Waals surface area contributed by atoms with E-state index in [1.807, 2.05) is 0 Å². The zero-order valence-corrected chi connectivity index (χ0v) is 7.73. The maximum Gasteiger partial charge on any atom is 0.200 e.